The SMILES string of the molecule is Cc1ccc(C)c(C(=O)NCC(Br)C2CC2)c1. The normalized spacial score (nSPS) is 16.6. The van der Waals surface area contributed by atoms with Crippen LogP contribution < -0.4 is 5.32 Å². The van der Waals surface area contributed by atoms with Crippen molar-refractivity contribution < 1.29 is 4.79 Å². The molecule has 0 aromatic heterocycles. The maximum Gasteiger partial charge on any atom is 0.251 e. The van der Waals surface area contributed by atoms with Crippen LogP contribution in [-0.4, -0.2) is 17.3 Å². The molecular weight excluding hydrogens is 278 g/mol. The molecule has 92 valence electrons. The zero-order valence-electron chi connectivity index (χ0n) is 10.3. The lowest BCUT2D eigenvalue weighted by atomic mass is 10.1. The number of benzene rings is 1. The number of alkyl halides is 1. The maximum absolute atomic E-state index is 12.0. The van der Waals surface area contributed by atoms with Crippen LogP contribution in [0.4, 0.5) is 0 Å². The van der Waals surface area contributed by atoms with Crippen molar-refractivity contribution in [2.45, 2.75) is 31.5 Å². The molecule has 1 N–H and O–H groups in total. The van der Waals surface area contributed by atoms with E-state index in [1.165, 1.54) is 12.8 Å². The molecule has 1 aromatic carbocycles. The summed E-state index contributed by atoms with van der Waals surface area (Å²) in [7, 11) is 0. The van der Waals surface area contributed by atoms with E-state index in [-0.39, 0.29) is 5.91 Å². The van der Waals surface area contributed by atoms with E-state index in [2.05, 4.69) is 21.2 Å². The second-order valence-electron chi connectivity index (χ2n) is 4.88. The molecular formula is C14H18BrNO. The summed E-state index contributed by atoms with van der Waals surface area (Å²) in [5.74, 6) is 0.796. The average molecular weight is 296 g/mol. The molecule has 1 aliphatic rings. The van der Waals surface area contributed by atoms with Gasteiger partial charge in [-0.05, 0) is 44.2 Å². The summed E-state index contributed by atoms with van der Waals surface area (Å²) >= 11 is 3.62. The van der Waals surface area contributed by atoms with Crippen LogP contribution in [0.2, 0.25) is 0 Å². The minimum atomic E-state index is 0.0382. The maximum atomic E-state index is 12.0. The molecule has 2 nitrogen and oxygen atoms in total. The van der Waals surface area contributed by atoms with Gasteiger partial charge in [0.25, 0.3) is 5.91 Å². The lowest BCUT2D eigenvalue weighted by molar-refractivity contribution is 0.0953. The van der Waals surface area contributed by atoms with Crippen molar-refractivity contribution in [2.24, 2.45) is 5.92 Å². The van der Waals surface area contributed by atoms with Gasteiger partial charge in [0.15, 0.2) is 0 Å². The molecule has 1 amide bonds. The van der Waals surface area contributed by atoms with Gasteiger partial charge in [0.2, 0.25) is 0 Å². The van der Waals surface area contributed by atoms with Gasteiger partial charge >= 0.3 is 0 Å². The highest BCUT2D eigenvalue weighted by Crippen LogP contribution is 2.36. The second-order valence-corrected chi connectivity index (χ2v) is 6.06. The summed E-state index contributed by atoms with van der Waals surface area (Å²) in [5.41, 5.74) is 2.95. The number of carbonyl (C=O) groups excluding carboxylic acids is 1. The van der Waals surface area contributed by atoms with Gasteiger partial charge in [-0.2, -0.15) is 0 Å². The summed E-state index contributed by atoms with van der Waals surface area (Å²) in [6, 6.07) is 5.98. The first kappa shape index (κ1) is 12.6. The Morgan fingerprint density at radius 2 is 2.18 bits per heavy atom. The van der Waals surface area contributed by atoms with Crippen LogP contribution in [0.1, 0.15) is 34.3 Å². The van der Waals surface area contributed by atoms with Crippen LogP contribution in [0.3, 0.4) is 0 Å². The summed E-state index contributed by atoms with van der Waals surface area (Å²) in [5, 5.41) is 3.00. The first-order valence-corrected chi connectivity index (χ1v) is 6.99. The van der Waals surface area contributed by atoms with Crippen LogP contribution in [0.25, 0.3) is 0 Å². The lowest BCUT2D eigenvalue weighted by Crippen LogP contribution is -2.30. The first-order chi connectivity index (χ1) is 8.08. The summed E-state index contributed by atoms with van der Waals surface area (Å²) in [6.45, 7) is 4.70. The Morgan fingerprint density at radius 1 is 1.47 bits per heavy atom. The highest BCUT2D eigenvalue weighted by molar-refractivity contribution is 9.09. The van der Waals surface area contributed by atoms with E-state index in [4.69, 9.17) is 0 Å². The summed E-state index contributed by atoms with van der Waals surface area (Å²) < 4.78 is 0. The molecule has 1 atom stereocenters. The number of hydrogen-bond donors (Lipinski definition) is 1. The summed E-state index contributed by atoms with van der Waals surface area (Å²) in [6.07, 6.45) is 2.57. The van der Waals surface area contributed by atoms with Gasteiger partial charge in [-0.25, -0.2) is 0 Å². The largest absolute Gasteiger partial charge is 0.351 e. The molecule has 1 aliphatic carbocycles. The van der Waals surface area contributed by atoms with Crippen molar-refractivity contribution in [1.29, 1.82) is 0 Å². The van der Waals surface area contributed by atoms with Crippen molar-refractivity contribution in [2.75, 3.05) is 6.54 Å². The number of hydrogen-bond acceptors (Lipinski definition) is 1. The van der Waals surface area contributed by atoms with Crippen molar-refractivity contribution in [3.8, 4) is 0 Å². The molecule has 0 heterocycles. The number of nitrogens with one attached hydrogen (secondary N) is 1. The fraction of sp³-hybridized carbons (Fsp3) is 0.500. The van der Waals surface area contributed by atoms with Gasteiger partial charge in [0, 0.05) is 16.9 Å². The molecule has 1 fully saturated rings. The predicted octanol–water partition coefficient (Wildman–Crippen LogP) is 3.21. The van der Waals surface area contributed by atoms with E-state index >= 15 is 0 Å². The molecule has 1 aromatic rings. The van der Waals surface area contributed by atoms with Crippen LogP contribution in [0, 0.1) is 19.8 Å². The van der Waals surface area contributed by atoms with Gasteiger partial charge in [0.1, 0.15) is 0 Å². The van der Waals surface area contributed by atoms with Crippen molar-refractivity contribution in [1.82, 2.24) is 5.32 Å². The summed E-state index contributed by atoms with van der Waals surface area (Å²) in [4.78, 5) is 12.5. The van der Waals surface area contributed by atoms with Crippen LogP contribution in [0.5, 0.6) is 0 Å². The van der Waals surface area contributed by atoms with Gasteiger partial charge in [-0.3, -0.25) is 4.79 Å². The van der Waals surface area contributed by atoms with Crippen LogP contribution in [-0.2, 0) is 0 Å². The topological polar surface area (TPSA) is 29.1 Å². The first-order valence-electron chi connectivity index (χ1n) is 6.07. The van der Waals surface area contributed by atoms with Gasteiger partial charge in [-0.15, -0.1) is 0 Å². The van der Waals surface area contributed by atoms with Gasteiger partial charge in [-0.1, -0.05) is 33.6 Å². The van der Waals surface area contributed by atoms with E-state index in [0.717, 1.165) is 29.2 Å². The third-order valence-corrected chi connectivity index (χ3v) is 4.30. The molecule has 0 spiro atoms. The molecule has 0 aliphatic heterocycles. The second kappa shape index (κ2) is 5.21. The van der Waals surface area contributed by atoms with Crippen LogP contribution in [0.15, 0.2) is 18.2 Å². The fourth-order valence-corrected chi connectivity index (χ4v) is 2.58. The molecule has 3 heteroatoms. The smallest absolute Gasteiger partial charge is 0.251 e. The molecule has 0 bridgehead atoms. The minimum Gasteiger partial charge on any atom is -0.351 e. The van der Waals surface area contributed by atoms with Crippen molar-refractivity contribution in [3.63, 3.8) is 0 Å². The Morgan fingerprint density at radius 3 is 2.82 bits per heavy atom. The highest BCUT2D eigenvalue weighted by Gasteiger charge is 2.29. The zero-order valence-corrected chi connectivity index (χ0v) is 11.9. The molecule has 2 rings (SSSR count). The number of rotatable bonds is 4. The molecule has 1 saturated carbocycles. The van der Waals surface area contributed by atoms with E-state index in [0.29, 0.717) is 4.83 Å². The van der Waals surface area contributed by atoms with Gasteiger partial charge < -0.3 is 5.32 Å². The lowest BCUT2D eigenvalue weighted by Gasteiger charge is -2.11. The monoisotopic (exact) mass is 295 g/mol. The predicted molar refractivity (Wildman–Crippen MR) is 73.7 cm³/mol. The minimum absolute atomic E-state index is 0.0382. The Bertz CT molecular complexity index is 426. The van der Waals surface area contributed by atoms with Gasteiger partial charge in [0.05, 0.1) is 0 Å². The number of carbonyl (C=O) groups is 1. The van der Waals surface area contributed by atoms with Crippen molar-refractivity contribution >= 4 is 21.8 Å². The zero-order chi connectivity index (χ0) is 12.4. The van der Waals surface area contributed by atoms with Crippen LogP contribution >= 0.6 is 15.9 Å². The third-order valence-electron chi connectivity index (χ3n) is 3.23. The number of halogens is 1. The Kier molecular flexibility index (Phi) is 3.87. The van der Waals surface area contributed by atoms with E-state index in [1.54, 1.807) is 0 Å². The number of amides is 1. The quantitative estimate of drug-likeness (QED) is 0.849. The van der Waals surface area contributed by atoms with E-state index in [9.17, 15) is 4.79 Å². The van der Waals surface area contributed by atoms with E-state index < -0.39 is 0 Å². The standard InChI is InChI=1S/C14H18BrNO/c1-9-3-4-10(2)12(7-9)14(17)16-8-13(15)11-5-6-11/h3-4,7,11,13H,5-6,8H2,1-2H3,(H,16,17). The molecule has 0 radical (unpaired) electrons. The molecule has 17 heavy (non-hydrogen) atoms. The Labute approximate surface area is 111 Å². The highest BCUT2D eigenvalue weighted by atomic mass is 79.9. The average Bonchev–Trinajstić information content (AvgIpc) is 3.12. The number of aryl methyl sites for hydroxylation is 2. The van der Waals surface area contributed by atoms with Crippen molar-refractivity contribution in [3.05, 3.63) is 34.9 Å². The third kappa shape index (κ3) is 3.32. The fourth-order valence-electron chi connectivity index (χ4n) is 1.89. The Hall–Kier alpha value is -0.830. The van der Waals surface area contributed by atoms with E-state index in [1.807, 2.05) is 32.0 Å². The molecule has 0 saturated heterocycles. The molecule has 1 unspecified atom stereocenters. The Balaban J connectivity index is 1.96.